The normalized spacial score (nSPS) is 12.6. The first kappa shape index (κ1) is 17.1. The van der Waals surface area contributed by atoms with Gasteiger partial charge in [0.05, 0.1) is 5.69 Å². The van der Waals surface area contributed by atoms with E-state index >= 15 is 0 Å². The van der Waals surface area contributed by atoms with Crippen LogP contribution in [-0.4, -0.2) is 41.0 Å². The number of rotatable bonds is 5. The van der Waals surface area contributed by atoms with E-state index in [1.54, 1.807) is 52.2 Å². The first-order valence-corrected chi connectivity index (χ1v) is 6.84. The summed E-state index contributed by atoms with van der Waals surface area (Å²) < 4.78 is 5.21. The molecule has 0 fully saturated rings. The summed E-state index contributed by atoms with van der Waals surface area (Å²) in [4.78, 5) is 29.2. The summed E-state index contributed by atoms with van der Waals surface area (Å²) in [6, 6.07) is 4.48. The van der Waals surface area contributed by atoms with Gasteiger partial charge in [0.1, 0.15) is 11.6 Å². The van der Waals surface area contributed by atoms with Crippen molar-refractivity contribution in [3.8, 4) is 0 Å². The van der Waals surface area contributed by atoms with Crippen LogP contribution in [0.2, 0.25) is 0 Å². The van der Waals surface area contributed by atoms with E-state index < -0.39 is 17.7 Å². The molecule has 0 aliphatic carbocycles. The number of hydrogen-bond acceptors (Lipinski definition) is 5. The van der Waals surface area contributed by atoms with Crippen molar-refractivity contribution in [2.24, 2.45) is 5.73 Å². The Morgan fingerprint density at radius 1 is 1.38 bits per heavy atom. The maximum Gasteiger partial charge on any atom is 0.410 e. The monoisotopic (exact) mass is 293 g/mol. The molecule has 0 aromatic carbocycles. The second-order valence-electron chi connectivity index (χ2n) is 5.85. The summed E-state index contributed by atoms with van der Waals surface area (Å²) in [7, 11) is 1.59. The molecule has 0 saturated heterocycles. The number of pyridine rings is 1. The molecule has 0 saturated carbocycles. The summed E-state index contributed by atoms with van der Waals surface area (Å²) in [6.45, 7) is 5.64. The molecule has 21 heavy (non-hydrogen) atoms. The molecule has 6 nitrogen and oxygen atoms in total. The molecule has 0 radical (unpaired) electrons. The van der Waals surface area contributed by atoms with Crippen molar-refractivity contribution in [1.29, 1.82) is 0 Å². The zero-order valence-electron chi connectivity index (χ0n) is 13.0. The minimum atomic E-state index is -0.766. The van der Waals surface area contributed by atoms with Crippen LogP contribution in [0.4, 0.5) is 4.79 Å². The Bertz CT molecular complexity index is 483. The van der Waals surface area contributed by atoms with Gasteiger partial charge in [0, 0.05) is 26.2 Å². The van der Waals surface area contributed by atoms with Crippen molar-refractivity contribution in [2.75, 3.05) is 13.6 Å². The smallest absolute Gasteiger partial charge is 0.410 e. The summed E-state index contributed by atoms with van der Waals surface area (Å²) >= 11 is 0. The molecule has 1 amide bonds. The Balaban J connectivity index is 2.47. The molecule has 1 unspecified atom stereocenters. The minimum Gasteiger partial charge on any atom is -0.444 e. The van der Waals surface area contributed by atoms with Gasteiger partial charge >= 0.3 is 6.09 Å². The highest BCUT2D eigenvalue weighted by molar-refractivity contribution is 5.85. The van der Waals surface area contributed by atoms with Crippen LogP contribution >= 0.6 is 0 Å². The average molecular weight is 293 g/mol. The molecule has 0 bridgehead atoms. The fraction of sp³-hybridized carbons (Fsp3) is 0.533. The van der Waals surface area contributed by atoms with Crippen molar-refractivity contribution in [3.05, 3.63) is 30.1 Å². The number of hydrogen-bond donors (Lipinski definition) is 1. The van der Waals surface area contributed by atoms with Crippen molar-refractivity contribution < 1.29 is 14.3 Å². The van der Waals surface area contributed by atoms with E-state index in [2.05, 4.69) is 4.98 Å². The van der Waals surface area contributed by atoms with Crippen LogP contribution in [-0.2, 0) is 9.53 Å². The van der Waals surface area contributed by atoms with Gasteiger partial charge in [-0.2, -0.15) is 0 Å². The Labute approximate surface area is 125 Å². The molecule has 1 aromatic rings. The van der Waals surface area contributed by atoms with Crippen LogP contribution in [0.25, 0.3) is 0 Å². The van der Waals surface area contributed by atoms with Crippen LogP contribution in [0.1, 0.15) is 38.9 Å². The molecular formula is C15H23N3O3. The third-order valence-corrected chi connectivity index (χ3v) is 2.75. The number of ketones is 1. The van der Waals surface area contributed by atoms with Crippen molar-refractivity contribution >= 4 is 11.9 Å². The third kappa shape index (κ3) is 5.91. The molecule has 1 rings (SSSR count). The van der Waals surface area contributed by atoms with Gasteiger partial charge in [-0.05, 0) is 32.9 Å². The number of carbonyl (C=O) groups excluding carboxylic acids is 2. The molecule has 1 aromatic heterocycles. The van der Waals surface area contributed by atoms with Crippen LogP contribution in [0, 0.1) is 0 Å². The van der Waals surface area contributed by atoms with Gasteiger partial charge in [-0.1, -0.05) is 6.07 Å². The Morgan fingerprint density at radius 3 is 2.57 bits per heavy atom. The van der Waals surface area contributed by atoms with Gasteiger partial charge in [0.25, 0.3) is 0 Å². The first-order valence-electron chi connectivity index (χ1n) is 6.84. The lowest BCUT2D eigenvalue weighted by atomic mass is 10.1. The molecule has 0 spiro atoms. The highest BCUT2D eigenvalue weighted by Crippen LogP contribution is 2.12. The molecule has 2 N–H and O–H groups in total. The van der Waals surface area contributed by atoms with E-state index in [1.807, 2.05) is 0 Å². The second kappa shape index (κ2) is 7.17. The van der Waals surface area contributed by atoms with Crippen molar-refractivity contribution in [2.45, 2.75) is 38.8 Å². The molecule has 0 aliphatic rings. The van der Waals surface area contributed by atoms with Crippen LogP contribution < -0.4 is 5.73 Å². The average Bonchev–Trinajstić information content (AvgIpc) is 2.42. The van der Waals surface area contributed by atoms with Gasteiger partial charge in [-0.25, -0.2) is 4.79 Å². The van der Waals surface area contributed by atoms with E-state index in [0.29, 0.717) is 5.69 Å². The maximum absolute atomic E-state index is 12.0. The van der Waals surface area contributed by atoms with E-state index in [1.165, 1.54) is 4.90 Å². The van der Waals surface area contributed by atoms with E-state index in [-0.39, 0.29) is 18.7 Å². The molecule has 116 valence electrons. The number of Topliss-reactive ketones (excluding diaryl/α,β-unsaturated/α-hetero) is 1. The van der Waals surface area contributed by atoms with Crippen molar-refractivity contribution in [1.82, 2.24) is 9.88 Å². The van der Waals surface area contributed by atoms with Crippen LogP contribution in [0.15, 0.2) is 24.4 Å². The van der Waals surface area contributed by atoms with Gasteiger partial charge in [-0.15, -0.1) is 0 Å². The maximum atomic E-state index is 12.0. The van der Waals surface area contributed by atoms with E-state index in [4.69, 9.17) is 10.5 Å². The number of amides is 1. The summed E-state index contributed by atoms with van der Waals surface area (Å²) in [5, 5.41) is 0. The third-order valence-electron chi connectivity index (χ3n) is 2.75. The lowest BCUT2D eigenvalue weighted by Crippen LogP contribution is -2.36. The highest BCUT2D eigenvalue weighted by Gasteiger charge is 2.22. The zero-order chi connectivity index (χ0) is 16.0. The predicted molar refractivity (Wildman–Crippen MR) is 79.7 cm³/mol. The first-order chi connectivity index (χ1) is 9.70. The predicted octanol–water partition coefficient (Wildman–Crippen LogP) is 1.91. The Hall–Kier alpha value is -1.95. The van der Waals surface area contributed by atoms with Gasteiger partial charge in [-0.3, -0.25) is 9.78 Å². The number of ether oxygens (including phenoxy) is 1. The molecule has 1 heterocycles. The molecular weight excluding hydrogens is 270 g/mol. The topological polar surface area (TPSA) is 85.5 Å². The fourth-order valence-corrected chi connectivity index (χ4v) is 1.59. The van der Waals surface area contributed by atoms with Gasteiger partial charge in [0.2, 0.25) is 0 Å². The number of nitrogens with two attached hydrogens (primary N) is 1. The lowest BCUT2D eigenvalue weighted by Gasteiger charge is -2.24. The summed E-state index contributed by atoms with van der Waals surface area (Å²) in [5.74, 6) is -0.163. The van der Waals surface area contributed by atoms with E-state index in [9.17, 15) is 9.59 Å². The Morgan fingerprint density at radius 2 is 2.05 bits per heavy atom. The van der Waals surface area contributed by atoms with Crippen molar-refractivity contribution in [3.63, 3.8) is 0 Å². The van der Waals surface area contributed by atoms with Gasteiger partial charge in [0.15, 0.2) is 5.78 Å². The summed E-state index contributed by atoms with van der Waals surface area (Å²) in [6.07, 6.45) is 1.30. The standard InChI is InChI=1S/C15H23N3O3/c1-15(2,3)21-14(20)18(4)10-8-12(19)13(16)11-7-5-6-9-17-11/h5-7,9,13H,8,10,16H2,1-4H3. The number of aromatic nitrogens is 1. The number of carbonyl (C=O) groups is 2. The summed E-state index contributed by atoms with van der Waals surface area (Å²) in [5.41, 5.74) is 5.83. The largest absolute Gasteiger partial charge is 0.444 e. The highest BCUT2D eigenvalue weighted by atomic mass is 16.6. The van der Waals surface area contributed by atoms with Crippen LogP contribution in [0.5, 0.6) is 0 Å². The molecule has 1 atom stereocenters. The lowest BCUT2D eigenvalue weighted by molar-refractivity contribution is -0.120. The fourth-order valence-electron chi connectivity index (χ4n) is 1.59. The molecule has 0 aliphatic heterocycles. The zero-order valence-corrected chi connectivity index (χ0v) is 13.0. The molecule has 6 heteroatoms. The second-order valence-corrected chi connectivity index (χ2v) is 5.85. The quantitative estimate of drug-likeness (QED) is 0.896. The van der Waals surface area contributed by atoms with Crippen LogP contribution in [0.3, 0.4) is 0 Å². The number of nitrogens with zero attached hydrogens (tertiary/aromatic N) is 2. The minimum absolute atomic E-state index is 0.160. The van der Waals surface area contributed by atoms with Gasteiger partial charge < -0.3 is 15.4 Å². The SMILES string of the molecule is CN(CCC(=O)C(N)c1ccccn1)C(=O)OC(C)(C)C. The Kier molecular flexibility index (Phi) is 5.84. The van der Waals surface area contributed by atoms with E-state index in [0.717, 1.165) is 0 Å².